The first-order chi connectivity index (χ1) is 9.91. The molecule has 0 aliphatic heterocycles. The molecule has 2 unspecified atom stereocenters. The third-order valence-electron chi connectivity index (χ3n) is 3.76. The molecule has 1 aliphatic carbocycles. The minimum Gasteiger partial charge on any atom is -0.480 e. The van der Waals surface area contributed by atoms with Crippen LogP contribution in [-0.4, -0.2) is 22.5 Å². The van der Waals surface area contributed by atoms with E-state index < -0.39 is 11.5 Å². The van der Waals surface area contributed by atoms with Crippen LogP contribution >= 0.6 is 27.3 Å². The molecule has 1 aromatic heterocycles. The lowest BCUT2D eigenvalue weighted by atomic mass is 9.76. The molecule has 114 valence electrons. The van der Waals surface area contributed by atoms with Crippen LogP contribution in [0.15, 0.2) is 22.0 Å². The van der Waals surface area contributed by atoms with Gasteiger partial charge in [0.1, 0.15) is 5.54 Å². The molecular formula is C15H18BrNO3S. The van der Waals surface area contributed by atoms with Crippen molar-refractivity contribution in [3.05, 3.63) is 26.9 Å². The standard InChI is InChI=1S/C15H18BrNO3S/c1-10-3-2-8-15(9-10,14(19)20)17-13(18)7-5-11-4-6-12(16)21-11/h4-7,10H,2-3,8-9H2,1H3,(H,17,18)(H,19,20)/b7-5+. The van der Waals surface area contributed by atoms with Gasteiger partial charge in [-0.05, 0) is 52.9 Å². The number of carbonyl (C=O) groups is 2. The van der Waals surface area contributed by atoms with Crippen molar-refractivity contribution in [2.24, 2.45) is 5.92 Å². The Morgan fingerprint density at radius 3 is 2.86 bits per heavy atom. The molecule has 2 rings (SSSR count). The van der Waals surface area contributed by atoms with Crippen LogP contribution in [0.5, 0.6) is 0 Å². The number of rotatable bonds is 4. The molecule has 0 spiro atoms. The normalized spacial score (nSPS) is 25.9. The van der Waals surface area contributed by atoms with Crippen LogP contribution in [0.25, 0.3) is 6.08 Å². The van der Waals surface area contributed by atoms with Crippen LogP contribution in [-0.2, 0) is 9.59 Å². The molecule has 1 aliphatic rings. The van der Waals surface area contributed by atoms with Crippen molar-refractivity contribution in [1.29, 1.82) is 0 Å². The minimum absolute atomic E-state index is 0.312. The highest BCUT2D eigenvalue weighted by atomic mass is 79.9. The van der Waals surface area contributed by atoms with Crippen LogP contribution in [0.4, 0.5) is 0 Å². The van der Waals surface area contributed by atoms with Crippen LogP contribution in [0.2, 0.25) is 0 Å². The summed E-state index contributed by atoms with van der Waals surface area (Å²) in [5.74, 6) is -0.974. The quantitative estimate of drug-likeness (QED) is 0.793. The molecule has 4 nitrogen and oxygen atoms in total. The average molecular weight is 372 g/mol. The molecule has 1 aromatic rings. The van der Waals surface area contributed by atoms with Crippen molar-refractivity contribution in [1.82, 2.24) is 5.32 Å². The number of carboxylic acids is 1. The van der Waals surface area contributed by atoms with E-state index in [4.69, 9.17) is 0 Å². The zero-order chi connectivity index (χ0) is 15.5. The maximum Gasteiger partial charge on any atom is 0.329 e. The van der Waals surface area contributed by atoms with Gasteiger partial charge >= 0.3 is 5.97 Å². The number of hydrogen-bond acceptors (Lipinski definition) is 3. The molecule has 2 atom stereocenters. The Balaban J connectivity index is 2.05. The molecule has 1 fully saturated rings. The van der Waals surface area contributed by atoms with E-state index in [0.29, 0.717) is 18.8 Å². The lowest BCUT2D eigenvalue weighted by Gasteiger charge is -2.36. The molecule has 0 bridgehead atoms. The Labute approximate surface area is 136 Å². The lowest BCUT2D eigenvalue weighted by molar-refractivity contribution is -0.149. The van der Waals surface area contributed by atoms with E-state index in [1.54, 1.807) is 6.08 Å². The van der Waals surface area contributed by atoms with Gasteiger partial charge in [-0.15, -0.1) is 11.3 Å². The van der Waals surface area contributed by atoms with E-state index in [1.807, 2.05) is 19.1 Å². The number of nitrogens with one attached hydrogen (secondary N) is 1. The second kappa shape index (κ2) is 6.75. The van der Waals surface area contributed by atoms with Crippen molar-refractivity contribution < 1.29 is 14.7 Å². The molecule has 6 heteroatoms. The second-order valence-corrected chi connectivity index (χ2v) is 8.05. The van der Waals surface area contributed by atoms with E-state index >= 15 is 0 Å². The molecule has 1 amide bonds. The Morgan fingerprint density at radius 2 is 2.29 bits per heavy atom. The molecule has 1 saturated carbocycles. The molecule has 2 N–H and O–H groups in total. The fourth-order valence-electron chi connectivity index (χ4n) is 2.77. The summed E-state index contributed by atoms with van der Waals surface area (Å²) in [6.45, 7) is 2.03. The van der Waals surface area contributed by atoms with Gasteiger partial charge in [0.05, 0.1) is 3.79 Å². The summed E-state index contributed by atoms with van der Waals surface area (Å²) in [4.78, 5) is 24.6. The summed E-state index contributed by atoms with van der Waals surface area (Å²) in [6, 6.07) is 3.80. The first kappa shape index (κ1) is 16.2. The SMILES string of the molecule is CC1CCCC(NC(=O)/C=C/c2ccc(Br)s2)(C(=O)O)C1. The largest absolute Gasteiger partial charge is 0.480 e. The van der Waals surface area contributed by atoms with Gasteiger partial charge in [-0.2, -0.15) is 0 Å². The first-order valence-electron chi connectivity index (χ1n) is 6.90. The predicted octanol–water partition coefficient (Wildman–Crippen LogP) is 3.67. The van der Waals surface area contributed by atoms with Crippen LogP contribution in [0, 0.1) is 5.92 Å². The number of halogens is 1. The zero-order valence-corrected chi connectivity index (χ0v) is 14.2. The monoisotopic (exact) mass is 371 g/mol. The van der Waals surface area contributed by atoms with E-state index in [9.17, 15) is 14.7 Å². The van der Waals surface area contributed by atoms with Crippen LogP contribution in [0.3, 0.4) is 0 Å². The predicted molar refractivity (Wildman–Crippen MR) is 87.2 cm³/mol. The smallest absolute Gasteiger partial charge is 0.329 e. The summed E-state index contributed by atoms with van der Waals surface area (Å²) in [7, 11) is 0. The van der Waals surface area contributed by atoms with E-state index in [-0.39, 0.29) is 5.91 Å². The Morgan fingerprint density at radius 1 is 1.52 bits per heavy atom. The maximum atomic E-state index is 12.0. The zero-order valence-electron chi connectivity index (χ0n) is 11.8. The summed E-state index contributed by atoms with van der Waals surface area (Å²) >= 11 is 4.87. The van der Waals surface area contributed by atoms with Crippen molar-refractivity contribution in [2.45, 2.75) is 38.1 Å². The highest BCUT2D eigenvalue weighted by Gasteiger charge is 2.42. The van der Waals surface area contributed by atoms with Gasteiger partial charge in [-0.1, -0.05) is 19.8 Å². The Kier molecular flexibility index (Phi) is 5.22. The van der Waals surface area contributed by atoms with Gasteiger partial charge < -0.3 is 10.4 Å². The molecule has 21 heavy (non-hydrogen) atoms. The van der Waals surface area contributed by atoms with Gasteiger partial charge in [0.2, 0.25) is 5.91 Å². The molecule has 1 heterocycles. The van der Waals surface area contributed by atoms with E-state index in [1.165, 1.54) is 17.4 Å². The summed E-state index contributed by atoms with van der Waals surface area (Å²) < 4.78 is 0.991. The fraction of sp³-hybridized carbons (Fsp3) is 0.467. The van der Waals surface area contributed by atoms with Crippen molar-refractivity contribution in [3.8, 4) is 0 Å². The number of thiophene rings is 1. The van der Waals surface area contributed by atoms with Gasteiger partial charge in [-0.3, -0.25) is 4.79 Å². The number of hydrogen-bond donors (Lipinski definition) is 2. The van der Waals surface area contributed by atoms with Crippen molar-refractivity contribution >= 4 is 45.2 Å². The third-order valence-corrected chi connectivity index (χ3v) is 5.35. The highest BCUT2D eigenvalue weighted by Crippen LogP contribution is 2.32. The second-order valence-electron chi connectivity index (χ2n) is 5.55. The Hall–Kier alpha value is -1.14. The number of carboxylic acid groups (broad SMARTS) is 1. The summed E-state index contributed by atoms with van der Waals surface area (Å²) in [5.41, 5.74) is -1.12. The summed E-state index contributed by atoms with van der Waals surface area (Å²) in [6.07, 6.45) is 5.94. The topological polar surface area (TPSA) is 66.4 Å². The number of carbonyl (C=O) groups excluding carboxylic acids is 1. The molecular weight excluding hydrogens is 354 g/mol. The lowest BCUT2D eigenvalue weighted by Crippen LogP contribution is -2.56. The fourth-order valence-corrected chi connectivity index (χ4v) is 4.09. The highest BCUT2D eigenvalue weighted by molar-refractivity contribution is 9.11. The van der Waals surface area contributed by atoms with Gasteiger partial charge in [-0.25, -0.2) is 4.79 Å². The maximum absolute atomic E-state index is 12.0. The van der Waals surface area contributed by atoms with Crippen LogP contribution < -0.4 is 5.32 Å². The third kappa shape index (κ3) is 4.17. The van der Waals surface area contributed by atoms with Gasteiger partial charge in [0, 0.05) is 11.0 Å². The Bertz CT molecular complexity index is 569. The molecule has 0 aromatic carbocycles. The van der Waals surface area contributed by atoms with E-state index in [0.717, 1.165) is 21.5 Å². The first-order valence-corrected chi connectivity index (χ1v) is 8.51. The molecule has 0 saturated heterocycles. The van der Waals surface area contributed by atoms with Gasteiger partial charge in [0.25, 0.3) is 0 Å². The van der Waals surface area contributed by atoms with Crippen molar-refractivity contribution in [2.75, 3.05) is 0 Å². The number of amides is 1. The minimum atomic E-state index is -1.12. The summed E-state index contributed by atoms with van der Waals surface area (Å²) in [5, 5.41) is 12.2. The van der Waals surface area contributed by atoms with E-state index in [2.05, 4.69) is 21.2 Å². The van der Waals surface area contributed by atoms with Crippen molar-refractivity contribution in [3.63, 3.8) is 0 Å². The average Bonchev–Trinajstić information content (AvgIpc) is 2.82. The van der Waals surface area contributed by atoms with Crippen LogP contribution in [0.1, 0.15) is 37.5 Å². The number of aliphatic carboxylic acids is 1. The molecule has 0 radical (unpaired) electrons. The van der Waals surface area contributed by atoms with Gasteiger partial charge in [0.15, 0.2) is 0 Å².